The van der Waals surface area contributed by atoms with E-state index in [4.69, 9.17) is 4.74 Å². The number of sulfonamides is 1. The van der Waals surface area contributed by atoms with Gasteiger partial charge in [0.1, 0.15) is 5.75 Å². The highest BCUT2D eigenvalue weighted by atomic mass is 32.2. The van der Waals surface area contributed by atoms with E-state index in [1.54, 1.807) is 24.3 Å². The highest BCUT2D eigenvalue weighted by Gasteiger charge is 2.31. The van der Waals surface area contributed by atoms with Crippen LogP contribution < -0.4 is 10.1 Å². The molecule has 1 aliphatic rings. The van der Waals surface area contributed by atoms with Crippen LogP contribution in [0.4, 0.5) is 0 Å². The van der Waals surface area contributed by atoms with Gasteiger partial charge in [0.25, 0.3) is 0 Å². The lowest BCUT2D eigenvalue weighted by molar-refractivity contribution is 0.263. The summed E-state index contributed by atoms with van der Waals surface area (Å²) in [4.78, 5) is 0.285. The topological polar surface area (TPSA) is 58.6 Å². The highest BCUT2D eigenvalue weighted by molar-refractivity contribution is 7.89. The average Bonchev–Trinajstić information content (AvgIpc) is 2.37. The molecule has 0 spiro atoms. The second-order valence-corrected chi connectivity index (χ2v) is 6.91. The van der Waals surface area contributed by atoms with Crippen LogP contribution in [-0.4, -0.2) is 45.0 Å². The molecule has 2 unspecified atom stereocenters. The van der Waals surface area contributed by atoms with Gasteiger partial charge in [0.05, 0.1) is 12.0 Å². The quantitative estimate of drug-likeness (QED) is 0.902. The maximum atomic E-state index is 12.6. The third-order valence-corrected chi connectivity index (χ3v) is 5.03. The van der Waals surface area contributed by atoms with Gasteiger partial charge in [0.2, 0.25) is 10.0 Å². The molecule has 0 aliphatic carbocycles. The lowest BCUT2D eigenvalue weighted by atomic mass is 10.2. The van der Waals surface area contributed by atoms with Gasteiger partial charge in [0.15, 0.2) is 0 Å². The summed E-state index contributed by atoms with van der Waals surface area (Å²) in [5.41, 5.74) is 0. The summed E-state index contributed by atoms with van der Waals surface area (Å²) in [6.07, 6.45) is 0. The molecule has 0 bridgehead atoms. The van der Waals surface area contributed by atoms with Crippen molar-refractivity contribution in [3.8, 4) is 5.75 Å². The first kappa shape index (κ1) is 14.3. The van der Waals surface area contributed by atoms with E-state index in [9.17, 15) is 8.42 Å². The van der Waals surface area contributed by atoms with Gasteiger partial charge >= 0.3 is 0 Å². The summed E-state index contributed by atoms with van der Waals surface area (Å²) >= 11 is 0. The molecular weight excluding hydrogens is 264 g/mol. The van der Waals surface area contributed by atoms with E-state index in [2.05, 4.69) is 5.32 Å². The number of rotatable bonds is 3. The van der Waals surface area contributed by atoms with Gasteiger partial charge in [-0.3, -0.25) is 0 Å². The molecular formula is C13H20N2O3S. The summed E-state index contributed by atoms with van der Waals surface area (Å²) in [7, 11) is -1.92. The third-order valence-electron chi connectivity index (χ3n) is 3.20. The van der Waals surface area contributed by atoms with Crippen molar-refractivity contribution >= 4 is 10.0 Å². The Labute approximate surface area is 114 Å². The smallest absolute Gasteiger partial charge is 0.243 e. The number of hydrogen-bond acceptors (Lipinski definition) is 4. The molecule has 1 fully saturated rings. The van der Waals surface area contributed by atoms with E-state index >= 15 is 0 Å². The van der Waals surface area contributed by atoms with Gasteiger partial charge in [0, 0.05) is 31.2 Å². The summed E-state index contributed by atoms with van der Waals surface area (Å²) in [6.45, 7) is 4.96. The molecule has 0 amide bonds. The molecule has 106 valence electrons. The second kappa shape index (κ2) is 5.48. The molecule has 1 aromatic carbocycles. The number of nitrogens with zero attached hydrogens (tertiary/aromatic N) is 1. The van der Waals surface area contributed by atoms with Crippen molar-refractivity contribution in [1.29, 1.82) is 0 Å². The molecule has 1 aromatic rings. The van der Waals surface area contributed by atoms with Crippen molar-refractivity contribution < 1.29 is 13.2 Å². The highest BCUT2D eigenvalue weighted by Crippen LogP contribution is 2.22. The Morgan fingerprint density at radius 3 is 2.47 bits per heavy atom. The number of ether oxygens (including phenoxy) is 1. The van der Waals surface area contributed by atoms with Crippen molar-refractivity contribution in [3.63, 3.8) is 0 Å². The molecule has 1 aliphatic heterocycles. The SMILES string of the molecule is COc1cccc(S(=O)(=O)N2CC(C)NC(C)C2)c1. The molecule has 1 heterocycles. The van der Waals surface area contributed by atoms with Crippen LogP contribution in [0.25, 0.3) is 0 Å². The van der Waals surface area contributed by atoms with E-state index < -0.39 is 10.0 Å². The molecule has 0 aromatic heterocycles. The molecule has 2 atom stereocenters. The van der Waals surface area contributed by atoms with Crippen LogP contribution in [-0.2, 0) is 10.0 Å². The first-order valence-corrected chi connectivity index (χ1v) is 7.77. The fourth-order valence-electron chi connectivity index (χ4n) is 2.38. The Kier molecular flexibility index (Phi) is 4.13. The van der Waals surface area contributed by atoms with Crippen LogP contribution in [0.15, 0.2) is 29.2 Å². The molecule has 6 heteroatoms. The zero-order valence-electron chi connectivity index (χ0n) is 11.5. The minimum Gasteiger partial charge on any atom is -0.497 e. The van der Waals surface area contributed by atoms with Crippen molar-refractivity contribution in [2.75, 3.05) is 20.2 Å². The Morgan fingerprint density at radius 2 is 1.89 bits per heavy atom. The molecule has 1 N–H and O–H groups in total. The van der Waals surface area contributed by atoms with Crippen LogP contribution in [0.3, 0.4) is 0 Å². The second-order valence-electron chi connectivity index (χ2n) is 4.97. The summed E-state index contributed by atoms with van der Waals surface area (Å²) < 4.78 is 31.8. The van der Waals surface area contributed by atoms with Crippen LogP contribution in [0.2, 0.25) is 0 Å². The zero-order valence-corrected chi connectivity index (χ0v) is 12.3. The third kappa shape index (κ3) is 3.08. The van der Waals surface area contributed by atoms with Crippen LogP contribution in [0, 0.1) is 0 Å². The van der Waals surface area contributed by atoms with Crippen molar-refractivity contribution in [1.82, 2.24) is 9.62 Å². The van der Waals surface area contributed by atoms with Crippen LogP contribution in [0.1, 0.15) is 13.8 Å². The molecule has 0 radical (unpaired) electrons. The van der Waals surface area contributed by atoms with Gasteiger partial charge in [-0.1, -0.05) is 6.07 Å². The largest absolute Gasteiger partial charge is 0.497 e. The van der Waals surface area contributed by atoms with Crippen LogP contribution >= 0.6 is 0 Å². The summed E-state index contributed by atoms with van der Waals surface area (Å²) in [5.74, 6) is 0.553. The van der Waals surface area contributed by atoms with Crippen molar-refractivity contribution in [2.24, 2.45) is 0 Å². The fourth-order valence-corrected chi connectivity index (χ4v) is 4.04. The number of benzene rings is 1. The maximum Gasteiger partial charge on any atom is 0.243 e. The van der Waals surface area contributed by atoms with E-state index in [-0.39, 0.29) is 17.0 Å². The van der Waals surface area contributed by atoms with Crippen molar-refractivity contribution in [3.05, 3.63) is 24.3 Å². The molecule has 0 saturated carbocycles. The van der Waals surface area contributed by atoms with Gasteiger partial charge < -0.3 is 10.1 Å². The summed E-state index contributed by atoms with van der Waals surface area (Å²) in [5, 5.41) is 3.32. The predicted molar refractivity (Wildman–Crippen MR) is 73.8 cm³/mol. The summed E-state index contributed by atoms with van der Waals surface area (Å²) in [6, 6.07) is 6.92. The Morgan fingerprint density at radius 1 is 1.26 bits per heavy atom. The minimum absolute atomic E-state index is 0.157. The van der Waals surface area contributed by atoms with Gasteiger partial charge in [-0.05, 0) is 26.0 Å². The van der Waals surface area contributed by atoms with E-state index in [1.165, 1.54) is 11.4 Å². The van der Waals surface area contributed by atoms with Crippen molar-refractivity contribution in [2.45, 2.75) is 30.8 Å². The van der Waals surface area contributed by atoms with E-state index in [0.717, 1.165) is 0 Å². The minimum atomic E-state index is -3.45. The molecule has 5 nitrogen and oxygen atoms in total. The van der Waals surface area contributed by atoms with E-state index in [1.807, 2.05) is 13.8 Å². The molecule has 1 saturated heterocycles. The standard InChI is InChI=1S/C13H20N2O3S/c1-10-8-15(9-11(2)14-10)19(16,17)13-6-4-5-12(7-13)18-3/h4-7,10-11,14H,8-9H2,1-3H3. The molecule has 2 rings (SSSR count). The zero-order chi connectivity index (χ0) is 14.0. The fraction of sp³-hybridized carbons (Fsp3) is 0.538. The Hall–Kier alpha value is -1.11. The lowest BCUT2D eigenvalue weighted by Gasteiger charge is -2.35. The average molecular weight is 284 g/mol. The number of hydrogen-bond donors (Lipinski definition) is 1. The predicted octanol–water partition coefficient (Wildman–Crippen LogP) is 1.07. The maximum absolute atomic E-state index is 12.6. The number of methoxy groups -OCH3 is 1. The Bertz CT molecular complexity index is 535. The van der Waals surface area contributed by atoms with Gasteiger partial charge in [-0.25, -0.2) is 8.42 Å². The van der Waals surface area contributed by atoms with Gasteiger partial charge in [-0.2, -0.15) is 4.31 Å². The van der Waals surface area contributed by atoms with Gasteiger partial charge in [-0.15, -0.1) is 0 Å². The monoisotopic (exact) mass is 284 g/mol. The normalized spacial score (nSPS) is 25.2. The lowest BCUT2D eigenvalue weighted by Crippen LogP contribution is -2.55. The Balaban J connectivity index is 2.30. The number of nitrogens with one attached hydrogen (secondary N) is 1. The first-order chi connectivity index (χ1) is 8.93. The first-order valence-electron chi connectivity index (χ1n) is 6.33. The molecule has 19 heavy (non-hydrogen) atoms. The van der Waals surface area contributed by atoms with Crippen LogP contribution in [0.5, 0.6) is 5.75 Å². The number of piperazine rings is 1. The van der Waals surface area contributed by atoms with E-state index in [0.29, 0.717) is 18.8 Å².